The molecule has 0 aliphatic carbocycles. The standard InChI is InChI=1S/C19H19N3OS2/c1-13-8-9-14(2)16(10-13)17(23)12-24-19-22-21-18(25-19)20-11-15-6-4-3-5-7-15/h3-10H,11-12H2,1-2H3,(H,20,21). The van der Waals surface area contributed by atoms with E-state index in [1.54, 1.807) is 0 Å². The molecule has 0 atom stereocenters. The first-order chi connectivity index (χ1) is 12.1. The van der Waals surface area contributed by atoms with E-state index in [4.69, 9.17) is 0 Å². The summed E-state index contributed by atoms with van der Waals surface area (Å²) >= 11 is 2.91. The topological polar surface area (TPSA) is 54.9 Å². The van der Waals surface area contributed by atoms with Crippen LogP contribution >= 0.6 is 23.1 Å². The van der Waals surface area contributed by atoms with Crippen molar-refractivity contribution in [1.82, 2.24) is 10.2 Å². The van der Waals surface area contributed by atoms with Gasteiger partial charge in [0.25, 0.3) is 0 Å². The lowest BCUT2D eigenvalue weighted by Crippen LogP contribution is -2.05. The zero-order valence-electron chi connectivity index (χ0n) is 14.2. The fourth-order valence-corrected chi connectivity index (χ4v) is 3.99. The molecule has 0 saturated carbocycles. The smallest absolute Gasteiger partial charge is 0.206 e. The van der Waals surface area contributed by atoms with E-state index in [2.05, 4.69) is 27.6 Å². The Bertz CT molecular complexity index is 862. The van der Waals surface area contributed by atoms with Gasteiger partial charge in [-0.2, -0.15) is 0 Å². The number of carbonyl (C=O) groups excluding carboxylic acids is 1. The van der Waals surface area contributed by atoms with Gasteiger partial charge in [-0.1, -0.05) is 71.1 Å². The number of benzene rings is 2. The van der Waals surface area contributed by atoms with Gasteiger partial charge >= 0.3 is 0 Å². The van der Waals surface area contributed by atoms with Crippen LogP contribution in [0, 0.1) is 13.8 Å². The average molecular weight is 370 g/mol. The zero-order chi connectivity index (χ0) is 17.6. The van der Waals surface area contributed by atoms with Gasteiger partial charge in [-0.3, -0.25) is 4.79 Å². The van der Waals surface area contributed by atoms with Crippen LogP contribution in [-0.2, 0) is 6.54 Å². The van der Waals surface area contributed by atoms with Crippen molar-refractivity contribution < 1.29 is 4.79 Å². The van der Waals surface area contributed by atoms with Crippen molar-refractivity contribution >= 4 is 34.0 Å². The number of anilines is 1. The Labute approximate surface area is 155 Å². The minimum Gasteiger partial charge on any atom is -0.356 e. The Morgan fingerprint density at radius 3 is 2.72 bits per heavy atom. The van der Waals surface area contributed by atoms with Crippen LogP contribution in [0.5, 0.6) is 0 Å². The molecule has 0 radical (unpaired) electrons. The lowest BCUT2D eigenvalue weighted by molar-refractivity contribution is 0.102. The van der Waals surface area contributed by atoms with Crippen LogP contribution in [0.25, 0.3) is 0 Å². The van der Waals surface area contributed by atoms with Crippen LogP contribution < -0.4 is 5.32 Å². The van der Waals surface area contributed by atoms with Gasteiger partial charge < -0.3 is 5.32 Å². The normalized spacial score (nSPS) is 10.6. The van der Waals surface area contributed by atoms with Gasteiger partial charge in [0.2, 0.25) is 5.13 Å². The number of ketones is 1. The van der Waals surface area contributed by atoms with E-state index in [-0.39, 0.29) is 5.78 Å². The third-order valence-electron chi connectivity index (χ3n) is 3.71. The molecule has 0 amide bonds. The molecule has 25 heavy (non-hydrogen) atoms. The molecule has 4 nitrogen and oxygen atoms in total. The molecule has 2 aromatic carbocycles. The van der Waals surface area contributed by atoms with Gasteiger partial charge in [-0.15, -0.1) is 10.2 Å². The van der Waals surface area contributed by atoms with E-state index in [0.717, 1.165) is 26.2 Å². The number of aryl methyl sites for hydroxylation is 2. The van der Waals surface area contributed by atoms with Gasteiger partial charge in [0.15, 0.2) is 10.1 Å². The largest absolute Gasteiger partial charge is 0.356 e. The molecule has 0 saturated heterocycles. The minimum atomic E-state index is 0.125. The number of aromatic nitrogens is 2. The Morgan fingerprint density at radius 2 is 1.92 bits per heavy atom. The highest BCUT2D eigenvalue weighted by Crippen LogP contribution is 2.27. The van der Waals surface area contributed by atoms with Gasteiger partial charge in [0, 0.05) is 12.1 Å². The Morgan fingerprint density at radius 1 is 1.12 bits per heavy atom. The molecule has 1 N–H and O–H groups in total. The van der Waals surface area contributed by atoms with E-state index in [0.29, 0.717) is 12.3 Å². The van der Waals surface area contributed by atoms with Crippen LogP contribution in [0.2, 0.25) is 0 Å². The lowest BCUT2D eigenvalue weighted by atomic mass is 10.0. The molecule has 3 rings (SSSR count). The first-order valence-electron chi connectivity index (χ1n) is 7.96. The average Bonchev–Trinajstić information content (AvgIpc) is 3.09. The molecule has 0 fully saturated rings. The number of rotatable bonds is 7. The summed E-state index contributed by atoms with van der Waals surface area (Å²) in [6.45, 7) is 4.67. The maximum absolute atomic E-state index is 12.4. The van der Waals surface area contributed by atoms with E-state index in [9.17, 15) is 4.79 Å². The predicted molar refractivity (Wildman–Crippen MR) is 105 cm³/mol. The van der Waals surface area contributed by atoms with Gasteiger partial charge in [-0.25, -0.2) is 0 Å². The van der Waals surface area contributed by atoms with Crippen LogP contribution in [0.1, 0.15) is 27.0 Å². The molecular weight excluding hydrogens is 350 g/mol. The summed E-state index contributed by atoms with van der Waals surface area (Å²) in [4.78, 5) is 12.4. The van der Waals surface area contributed by atoms with Crippen molar-refractivity contribution in [2.24, 2.45) is 0 Å². The maximum Gasteiger partial charge on any atom is 0.206 e. The molecule has 0 aliphatic rings. The van der Waals surface area contributed by atoms with E-state index >= 15 is 0 Å². The second-order valence-corrected chi connectivity index (χ2v) is 7.94. The molecule has 0 spiro atoms. The van der Waals surface area contributed by atoms with Crippen molar-refractivity contribution in [1.29, 1.82) is 0 Å². The maximum atomic E-state index is 12.4. The summed E-state index contributed by atoms with van der Waals surface area (Å²) in [5, 5.41) is 12.3. The summed E-state index contributed by atoms with van der Waals surface area (Å²) in [5.41, 5.74) is 4.09. The number of hydrogen-bond acceptors (Lipinski definition) is 6. The van der Waals surface area contributed by atoms with E-state index in [1.807, 2.05) is 50.2 Å². The number of thioether (sulfide) groups is 1. The number of nitrogens with one attached hydrogen (secondary N) is 1. The highest BCUT2D eigenvalue weighted by atomic mass is 32.2. The first kappa shape index (κ1) is 17.6. The highest BCUT2D eigenvalue weighted by molar-refractivity contribution is 8.01. The Balaban J connectivity index is 1.54. The number of hydrogen-bond donors (Lipinski definition) is 1. The Kier molecular flexibility index (Phi) is 5.83. The van der Waals surface area contributed by atoms with Crippen LogP contribution in [0.4, 0.5) is 5.13 Å². The predicted octanol–water partition coefficient (Wildman–Crippen LogP) is 4.74. The second-order valence-electron chi connectivity index (χ2n) is 5.74. The van der Waals surface area contributed by atoms with Gasteiger partial charge in [-0.05, 0) is 31.0 Å². The molecule has 128 valence electrons. The van der Waals surface area contributed by atoms with Crippen molar-refractivity contribution in [3.8, 4) is 0 Å². The summed E-state index contributed by atoms with van der Waals surface area (Å²) in [5.74, 6) is 0.498. The highest BCUT2D eigenvalue weighted by Gasteiger charge is 2.12. The molecule has 0 unspecified atom stereocenters. The SMILES string of the molecule is Cc1ccc(C)c(C(=O)CSc2nnc(NCc3ccccc3)s2)c1. The van der Waals surface area contributed by atoms with Crippen LogP contribution in [-0.4, -0.2) is 21.7 Å². The van der Waals surface area contributed by atoms with E-state index in [1.165, 1.54) is 28.7 Å². The second kappa shape index (κ2) is 8.27. The third kappa shape index (κ3) is 4.90. The van der Waals surface area contributed by atoms with E-state index < -0.39 is 0 Å². The molecule has 0 bridgehead atoms. The van der Waals surface area contributed by atoms with Gasteiger partial charge in [0.1, 0.15) is 0 Å². The van der Waals surface area contributed by atoms with Gasteiger partial charge in [0.05, 0.1) is 5.75 Å². The number of nitrogens with zero attached hydrogens (tertiary/aromatic N) is 2. The monoisotopic (exact) mass is 369 g/mol. The fraction of sp³-hybridized carbons (Fsp3) is 0.211. The van der Waals surface area contributed by atoms with Crippen LogP contribution in [0.3, 0.4) is 0 Å². The molecule has 0 aliphatic heterocycles. The minimum absolute atomic E-state index is 0.125. The zero-order valence-corrected chi connectivity index (χ0v) is 15.8. The summed E-state index contributed by atoms with van der Waals surface area (Å²) in [7, 11) is 0. The third-order valence-corrected chi connectivity index (χ3v) is 5.73. The summed E-state index contributed by atoms with van der Waals surface area (Å²) in [6.07, 6.45) is 0. The first-order valence-corrected chi connectivity index (χ1v) is 9.76. The fourth-order valence-electron chi connectivity index (χ4n) is 2.35. The van der Waals surface area contributed by atoms with Crippen molar-refractivity contribution in [3.05, 3.63) is 70.8 Å². The van der Waals surface area contributed by atoms with Crippen molar-refractivity contribution in [2.45, 2.75) is 24.7 Å². The number of carbonyl (C=O) groups is 1. The molecule has 1 aromatic heterocycles. The van der Waals surface area contributed by atoms with Crippen molar-refractivity contribution in [3.63, 3.8) is 0 Å². The molecular formula is C19H19N3OS2. The lowest BCUT2D eigenvalue weighted by Gasteiger charge is -2.05. The molecule has 6 heteroatoms. The molecule has 1 heterocycles. The quantitative estimate of drug-likeness (QED) is 0.481. The van der Waals surface area contributed by atoms with Crippen molar-refractivity contribution in [2.75, 3.05) is 11.1 Å². The van der Waals surface area contributed by atoms with Crippen LogP contribution in [0.15, 0.2) is 52.9 Å². The summed E-state index contributed by atoms with van der Waals surface area (Å²) in [6, 6.07) is 16.1. The Hall–Kier alpha value is -2.18. The number of Topliss-reactive ketones (excluding diaryl/α,β-unsaturated/α-hetero) is 1. The molecule has 3 aromatic rings. The summed E-state index contributed by atoms with van der Waals surface area (Å²) < 4.78 is 0.800.